The van der Waals surface area contributed by atoms with Gasteiger partial charge in [0.05, 0.1) is 5.69 Å². The summed E-state index contributed by atoms with van der Waals surface area (Å²) in [5.74, 6) is 0.133. The molecule has 7 heteroatoms. The molecule has 27 heavy (non-hydrogen) atoms. The smallest absolute Gasteiger partial charge is 0.162 e. The lowest BCUT2D eigenvalue weighted by Crippen LogP contribution is -2.32. The third-order valence-corrected chi connectivity index (χ3v) is 5.37. The SMILES string of the molecule is Cc1cc(Cl)cc(O)c1-c1cc2ccn(CCN3CCCCC3)c2nn1.Cl. The molecule has 1 aliphatic heterocycles. The first kappa shape index (κ1) is 19.9. The van der Waals surface area contributed by atoms with Crippen LogP contribution in [0.1, 0.15) is 24.8 Å². The topological polar surface area (TPSA) is 54.2 Å². The molecule has 0 amide bonds. The first-order chi connectivity index (χ1) is 12.6. The van der Waals surface area contributed by atoms with Crippen molar-refractivity contribution in [2.75, 3.05) is 19.6 Å². The number of rotatable bonds is 4. The summed E-state index contributed by atoms with van der Waals surface area (Å²) in [4.78, 5) is 2.52. The van der Waals surface area contributed by atoms with Gasteiger partial charge in [-0.2, -0.15) is 0 Å². The van der Waals surface area contributed by atoms with Crippen LogP contribution >= 0.6 is 24.0 Å². The van der Waals surface area contributed by atoms with E-state index in [9.17, 15) is 5.11 Å². The maximum atomic E-state index is 10.3. The van der Waals surface area contributed by atoms with Gasteiger partial charge in [-0.25, -0.2) is 0 Å². The molecule has 1 aliphatic rings. The molecule has 0 atom stereocenters. The highest BCUT2D eigenvalue weighted by Gasteiger charge is 2.14. The van der Waals surface area contributed by atoms with Crippen LogP contribution in [0.5, 0.6) is 5.75 Å². The average Bonchev–Trinajstić information content (AvgIpc) is 3.02. The van der Waals surface area contributed by atoms with Crippen LogP contribution in [0.15, 0.2) is 30.5 Å². The van der Waals surface area contributed by atoms with Crippen LogP contribution in [-0.4, -0.2) is 44.4 Å². The van der Waals surface area contributed by atoms with E-state index in [1.54, 1.807) is 6.07 Å². The van der Waals surface area contributed by atoms with Crippen molar-refractivity contribution in [1.29, 1.82) is 0 Å². The van der Waals surface area contributed by atoms with Gasteiger partial charge < -0.3 is 14.6 Å². The van der Waals surface area contributed by atoms with Crippen molar-refractivity contribution in [3.63, 3.8) is 0 Å². The van der Waals surface area contributed by atoms with Crippen molar-refractivity contribution >= 4 is 35.0 Å². The molecule has 3 heterocycles. The molecule has 144 valence electrons. The van der Waals surface area contributed by atoms with Gasteiger partial charge in [0, 0.05) is 35.3 Å². The summed E-state index contributed by atoms with van der Waals surface area (Å²) >= 11 is 6.00. The van der Waals surface area contributed by atoms with Gasteiger partial charge in [-0.3, -0.25) is 0 Å². The number of fused-ring (bicyclic) bond motifs is 1. The summed E-state index contributed by atoms with van der Waals surface area (Å²) in [6, 6.07) is 7.41. The Labute approximate surface area is 170 Å². The number of benzene rings is 1. The molecule has 1 fully saturated rings. The van der Waals surface area contributed by atoms with E-state index in [2.05, 4.69) is 31.9 Å². The molecule has 2 aromatic heterocycles. The van der Waals surface area contributed by atoms with E-state index in [-0.39, 0.29) is 18.2 Å². The maximum absolute atomic E-state index is 10.3. The van der Waals surface area contributed by atoms with Crippen molar-refractivity contribution in [2.24, 2.45) is 0 Å². The normalized spacial score (nSPS) is 15.0. The quantitative estimate of drug-likeness (QED) is 0.683. The molecule has 0 bridgehead atoms. The van der Waals surface area contributed by atoms with Crippen LogP contribution in [0.4, 0.5) is 0 Å². The van der Waals surface area contributed by atoms with E-state index >= 15 is 0 Å². The van der Waals surface area contributed by atoms with Crippen molar-refractivity contribution in [3.8, 4) is 17.0 Å². The van der Waals surface area contributed by atoms with E-state index in [4.69, 9.17) is 11.6 Å². The second-order valence-corrected chi connectivity index (χ2v) is 7.47. The Kier molecular flexibility index (Phi) is 6.25. The van der Waals surface area contributed by atoms with Gasteiger partial charge in [0.1, 0.15) is 5.75 Å². The number of piperidine rings is 1. The lowest BCUT2D eigenvalue weighted by Gasteiger charge is -2.26. The van der Waals surface area contributed by atoms with Gasteiger partial charge >= 0.3 is 0 Å². The Balaban J connectivity index is 0.00000210. The molecule has 4 rings (SSSR count). The molecular weight excluding hydrogens is 383 g/mol. The van der Waals surface area contributed by atoms with E-state index in [0.717, 1.165) is 29.7 Å². The largest absolute Gasteiger partial charge is 0.507 e. The van der Waals surface area contributed by atoms with E-state index in [0.29, 0.717) is 16.3 Å². The standard InChI is InChI=1S/C20H23ClN4O.ClH/c1-14-11-16(21)13-18(26)19(14)17-12-15-5-8-25(20(15)23-22-17)10-9-24-6-3-2-4-7-24;/h5,8,11-13,26H,2-4,6-7,9-10H2,1H3;1H. The number of likely N-dealkylation sites (tertiary alicyclic amines) is 1. The summed E-state index contributed by atoms with van der Waals surface area (Å²) in [6.07, 6.45) is 6.04. The van der Waals surface area contributed by atoms with Gasteiger partial charge in [-0.05, 0) is 62.7 Å². The van der Waals surface area contributed by atoms with Gasteiger partial charge in [-0.1, -0.05) is 18.0 Å². The summed E-state index contributed by atoms with van der Waals surface area (Å²) < 4.78 is 2.16. The third kappa shape index (κ3) is 4.21. The maximum Gasteiger partial charge on any atom is 0.162 e. The zero-order chi connectivity index (χ0) is 18.1. The summed E-state index contributed by atoms with van der Waals surface area (Å²) in [7, 11) is 0. The van der Waals surface area contributed by atoms with Crippen molar-refractivity contribution in [3.05, 3.63) is 41.0 Å². The molecule has 0 unspecified atom stereocenters. The van der Waals surface area contributed by atoms with Crippen molar-refractivity contribution in [1.82, 2.24) is 19.7 Å². The summed E-state index contributed by atoms with van der Waals surface area (Å²) in [5, 5.41) is 20.6. The number of aromatic hydroxyl groups is 1. The first-order valence-corrected chi connectivity index (χ1v) is 9.54. The molecule has 3 aromatic rings. The first-order valence-electron chi connectivity index (χ1n) is 9.16. The Morgan fingerprint density at radius 2 is 1.85 bits per heavy atom. The third-order valence-electron chi connectivity index (χ3n) is 5.15. The van der Waals surface area contributed by atoms with Crippen LogP contribution in [0, 0.1) is 6.92 Å². The van der Waals surface area contributed by atoms with Gasteiger partial charge in [0.25, 0.3) is 0 Å². The minimum atomic E-state index is 0. The monoisotopic (exact) mass is 406 g/mol. The van der Waals surface area contributed by atoms with Crippen LogP contribution in [-0.2, 0) is 6.54 Å². The molecule has 1 N–H and O–H groups in total. The number of phenols is 1. The molecule has 5 nitrogen and oxygen atoms in total. The minimum absolute atomic E-state index is 0. The molecule has 0 aliphatic carbocycles. The van der Waals surface area contributed by atoms with Crippen LogP contribution < -0.4 is 0 Å². The van der Waals surface area contributed by atoms with Crippen LogP contribution in [0.3, 0.4) is 0 Å². The number of phenolic OH excluding ortho intramolecular Hbond substituents is 1. The van der Waals surface area contributed by atoms with Crippen LogP contribution in [0.2, 0.25) is 5.02 Å². The fourth-order valence-electron chi connectivity index (χ4n) is 3.78. The molecular formula is C20H24Cl2N4O. The minimum Gasteiger partial charge on any atom is -0.507 e. The zero-order valence-corrected chi connectivity index (χ0v) is 16.9. The molecule has 1 saturated heterocycles. The lowest BCUT2D eigenvalue weighted by atomic mass is 10.0. The molecule has 0 radical (unpaired) electrons. The van der Waals surface area contributed by atoms with Gasteiger partial charge in [0.15, 0.2) is 5.65 Å². The van der Waals surface area contributed by atoms with E-state index in [1.165, 1.54) is 32.4 Å². The highest BCUT2D eigenvalue weighted by molar-refractivity contribution is 6.31. The van der Waals surface area contributed by atoms with Crippen molar-refractivity contribution < 1.29 is 5.11 Å². The predicted molar refractivity (Wildman–Crippen MR) is 112 cm³/mol. The van der Waals surface area contributed by atoms with Gasteiger partial charge in [-0.15, -0.1) is 22.6 Å². The van der Waals surface area contributed by atoms with E-state index in [1.807, 2.05) is 19.1 Å². The second-order valence-electron chi connectivity index (χ2n) is 7.04. The number of halogens is 2. The Morgan fingerprint density at radius 3 is 2.59 bits per heavy atom. The summed E-state index contributed by atoms with van der Waals surface area (Å²) in [5.41, 5.74) is 3.12. The predicted octanol–water partition coefficient (Wildman–Crippen LogP) is 4.67. The zero-order valence-electron chi connectivity index (χ0n) is 15.4. The van der Waals surface area contributed by atoms with Crippen molar-refractivity contribution in [2.45, 2.75) is 32.7 Å². The number of hydrogen-bond acceptors (Lipinski definition) is 4. The fraction of sp³-hybridized carbons (Fsp3) is 0.400. The van der Waals surface area contributed by atoms with E-state index < -0.39 is 0 Å². The highest BCUT2D eigenvalue weighted by atomic mass is 35.5. The van der Waals surface area contributed by atoms with Crippen LogP contribution in [0.25, 0.3) is 22.3 Å². The second kappa shape index (κ2) is 8.46. The highest BCUT2D eigenvalue weighted by Crippen LogP contribution is 2.34. The molecule has 0 saturated carbocycles. The van der Waals surface area contributed by atoms with Gasteiger partial charge in [0.2, 0.25) is 0 Å². The summed E-state index contributed by atoms with van der Waals surface area (Å²) in [6.45, 7) is 6.28. The Hall–Kier alpha value is -1.82. The number of hydrogen-bond donors (Lipinski definition) is 1. The lowest BCUT2D eigenvalue weighted by molar-refractivity contribution is 0.221. The Morgan fingerprint density at radius 1 is 1.07 bits per heavy atom. The fourth-order valence-corrected chi connectivity index (χ4v) is 4.05. The number of nitrogens with zero attached hydrogens (tertiary/aromatic N) is 4. The number of aryl methyl sites for hydroxylation is 1. The molecule has 0 spiro atoms. The number of aromatic nitrogens is 3. The average molecular weight is 407 g/mol. The molecule has 1 aromatic carbocycles. The Bertz CT molecular complexity index is 912.